The van der Waals surface area contributed by atoms with E-state index in [2.05, 4.69) is 15.1 Å². The lowest BCUT2D eigenvalue weighted by Gasteiger charge is -2.33. The van der Waals surface area contributed by atoms with E-state index >= 15 is 0 Å². The Kier molecular flexibility index (Phi) is 10.3. The van der Waals surface area contributed by atoms with Gasteiger partial charge in [-0.15, -0.1) is 0 Å². The number of nitrogens with one attached hydrogen (secondary N) is 1. The number of nitrogens with zero attached hydrogens (tertiary/aromatic N) is 4. The summed E-state index contributed by atoms with van der Waals surface area (Å²) in [5, 5.41) is 12.8. The molecule has 2 aliphatic rings. The van der Waals surface area contributed by atoms with Crippen molar-refractivity contribution in [2.45, 2.75) is 45.3 Å². The second kappa shape index (κ2) is 13.2. The number of alkyl halides is 3. The molecule has 2 aromatic rings. The molecule has 2 aliphatic heterocycles. The fourth-order valence-corrected chi connectivity index (χ4v) is 5.12. The fourth-order valence-electron chi connectivity index (χ4n) is 4.99. The second-order valence-electron chi connectivity index (χ2n) is 9.58. The van der Waals surface area contributed by atoms with Crippen LogP contribution in [0.5, 0.6) is 0 Å². The summed E-state index contributed by atoms with van der Waals surface area (Å²) in [6.45, 7) is 5.58. The summed E-state index contributed by atoms with van der Waals surface area (Å²) >= 11 is 6.00. The molecule has 0 bridgehead atoms. The van der Waals surface area contributed by atoms with E-state index in [4.69, 9.17) is 16.9 Å². The van der Waals surface area contributed by atoms with E-state index in [9.17, 15) is 18.0 Å². The third-order valence-corrected chi connectivity index (χ3v) is 7.34. The number of benzene rings is 2. The molecule has 0 saturated carbocycles. The zero-order chi connectivity index (χ0) is 26.4. The molecule has 0 aliphatic carbocycles. The van der Waals surface area contributed by atoms with Gasteiger partial charge < -0.3 is 20.0 Å². The first-order valence-electron chi connectivity index (χ1n) is 12.6. The number of rotatable bonds is 6. The Labute approximate surface area is 228 Å². The Morgan fingerprint density at radius 1 is 1.03 bits per heavy atom. The molecule has 0 spiro atoms. The van der Waals surface area contributed by atoms with E-state index in [-0.39, 0.29) is 24.9 Å². The number of piperidine rings is 1. The van der Waals surface area contributed by atoms with Gasteiger partial charge in [0.05, 0.1) is 17.2 Å². The van der Waals surface area contributed by atoms with E-state index in [0.29, 0.717) is 38.0 Å². The summed E-state index contributed by atoms with van der Waals surface area (Å²) in [6, 6.07) is 13.1. The summed E-state index contributed by atoms with van der Waals surface area (Å²) in [5.41, 5.74) is 0.178. The van der Waals surface area contributed by atoms with Crippen LogP contribution >= 0.6 is 11.6 Å². The first-order valence-corrected chi connectivity index (χ1v) is 13.0. The summed E-state index contributed by atoms with van der Waals surface area (Å²) in [4.78, 5) is 19.4. The van der Waals surface area contributed by atoms with Gasteiger partial charge in [0.15, 0.2) is 0 Å². The number of nitriles is 1. The summed E-state index contributed by atoms with van der Waals surface area (Å²) in [5.74, 6) is 0.120. The van der Waals surface area contributed by atoms with Gasteiger partial charge in [0, 0.05) is 68.1 Å². The molecule has 2 heterocycles. The maximum Gasteiger partial charge on any atom is 0.417 e. The van der Waals surface area contributed by atoms with E-state index in [1.165, 1.54) is 12.1 Å². The van der Waals surface area contributed by atoms with Gasteiger partial charge in [0.2, 0.25) is 5.91 Å². The Morgan fingerprint density at radius 2 is 1.74 bits per heavy atom. The average Bonchev–Trinajstić information content (AvgIpc) is 3.13. The highest BCUT2D eigenvalue weighted by Gasteiger charge is 2.34. The van der Waals surface area contributed by atoms with E-state index in [1.807, 2.05) is 29.2 Å². The molecular weight excluding hydrogens is 515 g/mol. The quantitative estimate of drug-likeness (QED) is 0.488. The van der Waals surface area contributed by atoms with E-state index in [1.54, 1.807) is 6.07 Å². The highest BCUT2D eigenvalue weighted by Crippen LogP contribution is 2.34. The van der Waals surface area contributed by atoms with Gasteiger partial charge in [-0.3, -0.25) is 4.79 Å². The van der Waals surface area contributed by atoms with Crippen LogP contribution in [0.25, 0.3) is 0 Å². The maximum absolute atomic E-state index is 13.2. The van der Waals surface area contributed by atoms with Crippen LogP contribution < -0.4 is 10.2 Å². The van der Waals surface area contributed by atoms with Crippen LogP contribution in [0.15, 0.2) is 42.5 Å². The van der Waals surface area contributed by atoms with Gasteiger partial charge in [-0.05, 0) is 68.3 Å². The molecule has 0 atom stereocenters. The molecule has 1 N–H and O–H groups in total. The van der Waals surface area contributed by atoms with Gasteiger partial charge in [-0.1, -0.05) is 19.0 Å². The van der Waals surface area contributed by atoms with Crippen molar-refractivity contribution in [2.24, 2.45) is 0 Å². The molecule has 206 valence electrons. The third kappa shape index (κ3) is 7.78. The predicted molar refractivity (Wildman–Crippen MR) is 145 cm³/mol. The highest BCUT2D eigenvalue weighted by molar-refractivity contribution is 6.30. The number of hydrogen-bond donors (Lipinski definition) is 1. The van der Waals surface area contributed by atoms with Crippen LogP contribution in [0.4, 0.5) is 24.5 Å². The van der Waals surface area contributed by atoms with Crippen LogP contribution in [0, 0.1) is 11.3 Å². The number of carbonyl (C=O) groups excluding carboxylic acids is 1. The lowest BCUT2D eigenvalue weighted by molar-refractivity contribution is -0.137. The monoisotopic (exact) mass is 549 g/mol. The molecule has 6 nitrogen and oxygen atoms in total. The van der Waals surface area contributed by atoms with Crippen LogP contribution in [-0.4, -0.2) is 67.6 Å². The fraction of sp³-hybridized carbons (Fsp3) is 0.500. The molecule has 0 unspecified atom stereocenters. The lowest BCUT2D eigenvalue weighted by Crippen LogP contribution is -2.43. The number of amides is 1. The smallest absolute Gasteiger partial charge is 0.382 e. The molecule has 2 saturated heterocycles. The second-order valence-corrected chi connectivity index (χ2v) is 10.0. The molecule has 2 aromatic carbocycles. The highest BCUT2D eigenvalue weighted by atomic mass is 35.5. The lowest BCUT2D eigenvalue weighted by atomic mass is 10.0. The molecule has 10 heteroatoms. The first-order chi connectivity index (χ1) is 17.7. The third-order valence-electron chi connectivity index (χ3n) is 7.09. The van der Waals surface area contributed by atoms with Gasteiger partial charge in [0.1, 0.15) is 0 Å². The maximum atomic E-state index is 13.2. The minimum Gasteiger partial charge on any atom is -0.382 e. The Bertz CT molecular complexity index is 1110. The topological polar surface area (TPSA) is 62.6 Å². The normalized spacial score (nSPS) is 17.3. The molecule has 1 amide bonds. The molecule has 4 rings (SSSR count). The van der Waals surface area contributed by atoms with Gasteiger partial charge in [-0.2, -0.15) is 18.4 Å². The van der Waals surface area contributed by atoms with Crippen molar-refractivity contribution >= 4 is 28.9 Å². The van der Waals surface area contributed by atoms with Gasteiger partial charge >= 0.3 is 6.18 Å². The Hall–Kier alpha value is -2.96. The Morgan fingerprint density at radius 3 is 2.39 bits per heavy atom. The zero-order valence-electron chi connectivity index (χ0n) is 20.6. The largest absolute Gasteiger partial charge is 0.417 e. The minimum atomic E-state index is -4.58. The zero-order valence-corrected chi connectivity index (χ0v) is 21.4. The molecular formula is C28H35ClF3N5O. The van der Waals surface area contributed by atoms with Crippen molar-refractivity contribution in [3.8, 4) is 6.07 Å². The SMILES string of the molecule is C.N#Cc1ccc(NC2CCN(C(=O)CCN3CCCN(c4ccc(Cl)cc4)CC3)CC2)cc1C(F)(F)F. The van der Waals surface area contributed by atoms with Crippen molar-refractivity contribution < 1.29 is 18.0 Å². The standard InChI is InChI=1S/C27H31ClF3N5O.CH4/c28-21-3-6-24(7-4-21)35-12-1-11-34(16-17-35)13-10-26(37)36-14-8-22(9-15-36)33-23-5-2-20(19-32)25(18-23)27(29,30)31;/h2-7,18,22,33H,1,8-17H2;1H4. The van der Waals surface area contributed by atoms with Crippen LogP contribution in [-0.2, 0) is 11.0 Å². The number of halogens is 4. The van der Waals surface area contributed by atoms with E-state index in [0.717, 1.165) is 55.9 Å². The van der Waals surface area contributed by atoms with Crippen LogP contribution in [0.1, 0.15) is 44.2 Å². The minimum absolute atomic E-state index is 0. The van der Waals surface area contributed by atoms with Gasteiger partial charge in [-0.25, -0.2) is 0 Å². The van der Waals surface area contributed by atoms with Crippen LogP contribution in [0.2, 0.25) is 5.02 Å². The van der Waals surface area contributed by atoms with Crippen molar-refractivity contribution in [1.82, 2.24) is 9.80 Å². The number of carbonyl (C=O) groups is 1. The molecule has 0 radical (unpaired) electrons. The summed E-state index contributed by atoms with van der Waals surface area (Å²) in [6.07, 6.45) is -1.78. The number of anilines is 2. The average molecular weight is 550 g/mol. The van der Waals surface area contributed by atoms with Crippen molar-refractivity contribution in [2.75, 3.05) is 56.0 Å². The van der Waals surface area contributed by atoms with Crippen molar-refractivity contribution in [1.29, 1.82) is 5.26 Å². The predicted octanol–water partition coefficient (Wildman–Crippen LogP) is 5.87. The molecule has 2 fully saturated rings. The molecule has 38 heavy (non-hydrogen) atoms. The number of likely N-dealkylation sites (tertiary alicyclic amines) is 1. The number of hydrogen-bond acceptors (Lipinski definition) is 5. The van der Waals surface area contributed by atoms with E-state index < -0.39 is 11.7 Å². The first kappa shape index (κ1) is 29.6. The van der Waals surface area contributed by atoms with Crippen molar-refractivity contribution in [3.63, 3.8) is 0 Å². The van der Waals surface area contributed by atoms with Crippen LogP contribution in [0.3, 0.4) is 0 Å². The van der Waals surface area contributed by atoms with Gasteiger partial charge in [0.25, 0.3) is 0 Å². The Balaban J connectivity index is 0.00000400. The van der Waals surface area contributed by atoms with Crippen molar-refractivity contribution in [3.05, 3.63) is 58.6 Å². The summed E-state index contributed by atoms with van der Waals surface area (Å²) in [7, 11) is 0. The molecule has 0 aromatic heterocycles. The summed E-state index contributed by atoms with van der Waals surface area (Å²) < 4.78 is 39.7.